The van der Waals surface area contributed by atoms with Gasteiger partial charge in [-0.3, -0.25) is 0 Å². The number of pyridine rings is 1. The fraction of sp³-hybridized carbons (Fsp3) is 0. The molecule has 2 heterocycles. The van der Waals surface area contributed by atoms with Gasteiger partial charge in [0.1, 0.15) is 17.3 Å². The summed E-state index contributed by atoms with van der Waals surface area (Å²) >= 11 is 0. The van der Waals surface area contributed by atoms with Crippen LogP contribution in [0.25, 0.3) is 27.8 Å². The third kappa shape index (κ3) is 2.60. The topological polar surface area (TPSA) is 56.2 Å². The molecule has 102 valence electrons. The lowest BCUT2D eigenvalue weighted by Crippen LogP contribution is -1.86. The zero-order valence-corrected chi connectivity index (χ0v) is 10.4. The summed E-state index contributed by atoms with van der Waals surface area (Å²) in [6.07, 6.45) is 1.03. The molecule has 1 aromatic carbocycles. The predicted octanol–water partition coefficient (Wildman–Crippen LogP) is 3.63. The number of nitrogens with zero attached hydrogens (tertiary/aromatic N) is 4. The first kappa shape index (κ1) is 12.9. The Morgan fingerprint density at radius 3 is 2.67 bits per heavy atom. The molecule has 0 saturated heterocycles. The molecule has 2 aromatic heterocycles. The van der Waals surface area contributed by atoms with Crippen molar-refractivity contribution in [2.24, 2.45) is 0 Å². The van der Waals surface area contributed by atoms with E-state index in [-0.39, 0.29) is 17.4 Å². The second kappa shape index (κ2) is 5.09. The Morgan fingerprint density at radius 2 is 1.95 bits per heavy atom. The van der Waals surface area contributed by atoms with Gasteiger partial charge in [-0.05, 0) is 30.3 Å². The van der Waals surface area contributed by atoms with E-state index >= 15 is 0 Å². The van der Waals surface area contributed by atoms with E-state index in [1.54, 1.807) is 0 Å². The van der Waals surface area contributed by atoms with Crippen LogP contribution in [0, 0.1) is 18.2 Å². The minimum atomic E-state index is -0.565. The maximum absolute atomic E-state index is 13.4. The lowest BCUT2D eigenvalue weighted by molar-refractivity contribution is 0.431. The summed E-state index contributed by atoms with van der Waals surface area (Å²) < 4.78 is 31.2. The third-order valence-corrected chi connectivity index (χ3v) is 2.64. The van der Waals surface area contributed by atoms with Crippen molar-refractivity contribution in [2.75, 3.05) is 0 Å². The molecule has 0 aliphatic rings. The lowest BCUT2D eigenvalue weighted by atomic mass is 10.2. The van der Waals surface area contributed by atoms with Crippen LogP contribution in [0.5, 0.6) is 0 Å². The summed E-state index contributed by atoms with van der Waals surface area (Å²) in [6, 6.07) is 6.36. The Morgan fingerprint density at radius 1 is 1.10 bits per heavy atom. The van der Waals surface area contributed by atoms with E-state index in [9.17, 15) is 8.78 Å². The van der Waals surface area contributed by atoms with Gasteiger partial charge < -0.3 is 4.52 Å². The minimum Gasteiger partial charge on any atom is -0.332 e. The van der Waals surface area contributed by atoms with Gasteiger partial charge in [0, 0.05) is 5.56 Å². The number of aromatic nitrogens is 3. The maximum Gasteiger partial charge on any atom is 0.276 e. The van der Waals surface area contributed by atoms with Gasteiger partial charge in [0.15, 0.2) is 5.69 Å². The zero-order chi connectivity index (χ0) is 14.8. The standard InChI is InChI=1S/C14H6F2N4O/c1-17-11-5-8(4-10(16)6-11)13-19-14(21-20-13)12-3-2-9(15)7-18-12/h2-7H. The summed E-state index contributed by atoms with van der Waals surface area (Å²) in [4.78, 5) is 11.0. The van der Waals surface area contributed by atoms with Gasteiger partial charge in [-0.1, -0.05) is 5.16 Å². The van der Waals surface area contributed by atoms with Crippen molar-refractivity contribution in [1.29, 1.82) is 0 Å². The Hall–Kier alpha value is -3.14. The summed E-state index contributed by atoms with van der Waals surface area (Å²) in [5.74, 6) is -0.839. The van der Waals surface area contributed by atoms with Crippen molar-refractivity contribution in [3.05, 3.63) is 59.6 Å². The first-order valence-corrected chi connectivity index (χ1v) is 5.80. The first-order chi connectivity index (χ1) is 10.2. The van der Waals surface area contributed by atoms with Crippen LogP contribution in [0.3, 0.4) is 0 Å². The van der Waals surface area contributed by atoms with Gasteiger partial charge in [-0.25, -0.2) is 18.6 Å². The summed E-state index contributed by atoms with van der Waals surface area (Å²) in [6.45, 7) is 6.91. The van der Waals surface area contributed by atoms with Crippen LogP contribution >= 0.6 is 0 Å². The van der Waals surface area contributed by atoms with Gasteiger partial charge in [-0.15, -0.1) is 0 Å². The van der Waals surface area contributed by atoms with E-state index in [0.29, 0.717) is 11.3 Å². The number of halogens is 2. The Balaban J connectivity index is 2.00. The number of rotatable bonds is 2. The molecule has 3 aromatic rings. The SMILES string of the molecule is [C-]#[N+]c1cc(F)cc(-c2noc(-c3ccc(F)cn3)n2)c1. The van der Waals surface area contributed by atoms with Crippen LogP contribution in [-0.2, 0) is 0 Å². The average Bonchev–Trinajstić information content (AvgIpc) is 2.97. The molecule has 0 spiro atoms. The molecule has 0 aliphatic heterocycles. The molecule has 0 fully saturated rings. The van der Waals surface area contributed by atoms with Crippen LogP contribution in [0.15, 0.2) is 41.1 Å². The zero-order valence-electron chi connectivity index (χ0n) is 10.4. The van der Waals surface area contributed by atoms with Crippen LogP contribution in [0.1, 0.15) is 0 Å². The molecule has 0 aliphatic carbocycles. The molecule has 0 saturated carbocycles. The monoisotopic (exact) mass is 284 g/mol. The highest BCUT2D eigenvalue weighted by atomic mass is 19.1. The van der Waals surface area contributed by atoms with Crippen molar-refractivity contribution in [3.63, 3.8) is 0 Å². The Kier molecular flexibility index (Phi) is 3.12. The average molecular weight is 284 g/mol. The van der Waals surface area contributed by atoms with Crippen molar-refractivity contribution >= 4 is 5.69 Å². The molecule has 3 rings (SSSR count). The van der Waals surface area contributed by atoms with E-state index in [4.69, 9.17) is 11.1 Å². The highest BCUT2D eigenvalue weighted by Crippen LogP contribution is 2.25. The quantitative estimate of drug-likeness (QED) is 0.674. The second-order valence-electron chi connectivity index (χ2n) is 4.09. The van der Waals surface area contributed by atoms with Crippen LogP contribution in [-0.4, -0.2) is 15.1 Å². The Bertz CT molecular complexity index is 837. The third-order valence-electron chi connectivity index (χ3n) is 2.64. The van der Waals surface area contributed by atoms with E-state index in [2.05, 4.69) is 20.0 Å². The molecule has 5 nitrogen and oxygen atoms in total. The van der Waals surface area contributed by atoms with E-state index < -0.39 is 11.6 Å². The molecule has 7 heteroatoms. The van der Waals surface area contributed by atoms with Gasteiger partial charge in [-0.2, -0.15) is 4.98 Å². The molecular weight excluding hydrogens is 278 g/mol. The normalized spacial score (nSPS) is 10.3. The van der Waals surface area contributed by atoms with Gasteiger partial charge in [0.25, 0.3) is 5.89 Å². The molecule has 0 atom stereocenters. The van der Waals surface area contributed by atoms with Gasteiger partial charge >= 0.3 is 0 Å². The minimum absolute atomic E-state index is 0.0821. The molecule has 0 bridgehead atoms. The summed E-state index contributed by atoms with van der Waals surface area (Å²) in [5, 5.41) is 3.71. The van der Waals surface area contributed by atoms with Crippen molar-refractivity contribution in [1.82, 2.24) is 15.1 Å². The second-order valence-corrected chi connectivity index (χ2v) is 4.09. The van der Waals surface area contributed by atoms with Crippen LogP contribution in [0.4, 0.5) is 14.5 Å². The van der Waals surface area contributed by atoms with Crippen LogP contribution < -0.4 is 0 Å². The Labute approximate surface area is 117 Å². The van der Waals surface area contributed by atoms with Crippen LogP contribution in [0.2, 0.25) is 0 Å². The smallest absolute Gasteiger partial charge is 0.276 e. The molecule has 0 amide bonds. The number of hydrogen-bond acceptors (Lipinski definition) is 4. The maximum atomic E-state index is 13.4. The molecule has 0 N–H and O–H groups in total. The fourth-order valence-corrected chi connectivity index (χ4v) is 1.71. The van der Waals surface area contributed by atoms with Crippen molar-refractivity contribution in [2.45, 2.75) is 0 Å². The highest BCUT2D eigenvalue weighted by molar-refractivity contribution is 5.64. The predicted molar refractivity (Wildman–Crippen MR) is 69.1 cm³/mol. The molecule has 0 radical (unpaired) electrons. The fourth-order valence-electron chi connectivity index (χ4n) is 1.71. The van der Waals surface area contributed by atoms with E-state index in [1.165, 1.54) is 24.3 Å². The highest BCUT2D eigenvalue weighted by Gasteiger charge is 2.13. The van der Waals surface area contributed by atoms with Crippen molar-refractivity contribution in [3.8, 4) is 23.0 Å². The first-order valence-electron chi connectivity index (χ1n) is 5.80. The van der Waals surface area contributed by atoms with E-state index in [0.717, 1.165) is 12.3 Å². The van der Waals surface area contributed by atoms with E-state index in [1.807, 2.05) is 0 Å². The lowest BCUT2D eigenvalue weighted by Gasteiger charge is -1.96. The summed E-state index contributed by atoms with van der Waals surface area (Å²) in [7, 11) is 0. The van der Waals surface area contributed by atoms with Crippen molar-refractivity contribution < 1.29 is 13.3 Å². The van der Waals surface area contributed by atoms with Gasteiger partial charge in [0.2, 0.25) is 5.82 Å². The number of benzene rings is 1. The largest absolute Gasteiger partial charge is 0.332 e. The summed E-state index contributed by atoms with van der Waals surface area (Å²) in [5.41, 5.74) is 0.756. The molecule has 21 heavy (non-hydrogen) atoms. The number of hydrogen-bond donors (Lipinski definition) is 0. The molecular formula is C14H6F2N4O. The molecule has 0 unspecified atom stereocenters. The van der Waals surface area contributed by atoms with Gasteiger partial charge in [0.05, 0.1) is 12.8 Å².